The Morgan fingerprint density at radius 1 is 1.20 bits per heavy atom. The van der Waals surface area contributed by atoms with Gasteiger partial charge in [0.25, 0.3) is 5.91 Å². The summed E-state index contributed by atoms with van der Waals surface area (Å²) in [6.07, 6.45) is 0.346. The van der Waals surface area contributed by atoms with Gasteiger partial charge in [-0.3, -0.25) is 14.5 Å². The van der Waals surface area contributed by atoms with Crippen molar-refractivity contribution in [3.63, 3.8) is 0 Å². The van der Waals surface area contributed by atoms with Crippen LogP contribution in [0.5, 0.6) is 5.88 Å². The summed E-state index contributed by atoms with van der Waals surface area (Å²) >= 11 is 5.85. The smallest absolute Gasteiger partial charge is 0.270 e. The number of rotatable bonds is 7. The number of fused-ring (bicyclic) bond motifs is 1. The molecular weight excluding hydrogens is 473 g/mol. The highest BCUT2D eigenvalue weighted by Gasteiger charge is 2.32. The third-order valence-corrected chi connectivity index (χ3v) is 6.65. The lowest BCUT2D eigenvalue weighted by molar-refractivity contribution is -0.117. The van der Waals surface area contributed by atoms with Crippen LogP contribution in [0.2, 0.25) is 0 Å². The van der Waals surface area contributed by atoms with Crippen molar-refractivity contribution >= 4 is 29.1 Å². The van der Waals surface area contributed by atoms with Crippen molar-refractivity contribution in [2.45, 2.75) is 19.4 Å². The fourth-order valence-electron chi connectivity index (χ4n) is 4.40. The molecule has 0 bridgehead atoms. The highest BCUT2D eigenvalue weighted by Crippen LogP contribution is 2.35. The van der Waals surface area contributed by atoms with Crippen molar-refractivity contribution < 1.29 is 18.7 Å². The van der Waals surface area contributed by atoms with Crippen LogP contribution < -0.4 is 15.0 Å². The van der Waals surface area contributed by atoms with E-state index in [2.05, 4.69) is 27.1 Å². The Balaban J connectivity index is 1.58. The van der Waals surface area contributed by atoms with E-state index in [-0.39, 0.29) is 47.7 Å². The third kappa shape index (κ3) is 6.09. The number of alkyl halides is 1. The van der Waals surface area contributed by atoms with E-state index >= 15 is 0 Å². The summed E-state index contributed by atoms with van der Waals surface area (Å²) < 4.78 is 19.2. The first-order chi connectivity index (χ1) is 16.9. The maximum Gasteiger partial charge on any atom is 0.270 e. The Bertz CT molecular complexity index is 1060. The van der Waals surface area contributed by atoms with Crippen molar-refractivity contribution in [2.24, 2.45) is 0 Å². The number of benzene rings is 1. The summed E-state index contributed by atoms with van der Waals surface area (Å²) in [4.78, 5) is 36.5. The molecule has 3 heterocycles. The average molecular weight is 504 g/mol. The second-order valence-electron chi connectivity index (χ2n) is 9.08. The van der Waals surface area contributed by atoms with E-state index in [4.69, 9.17) is 16.3 Å². The molecule has 1 saturated heterocycles. The zero-order chi connectivity index (χ0) is 24.9. The first-order valence-corrected chi connectivity index (χ1v) is 12.4. The zero-order valence-electron chi connectivity index (χ0n) is 20.1. The second kappa shape index (κ2) is 11.3. The normalized spacial score (nSPS) is 18.6. The molecule has 2 amide bonds. The van der Waals surface area contributed by atoms with E-state index in [1.165, 1.54) is 12.1 Å². The molecule has 0 radical (unpaired) electrons. The van der Waals surface area contributed by atoms with Crippen LogP contribution in [-0.2, 0) is 11.2 Å². The molecule has 1 atom stereocenters. The van der Waals surface area contributed by atoms with Crippen molar-refractivity contribution in [1.29, 1.82) is 0 Å². The van der Waals surface area contributed by atoms with Crippen LogP contribution in [0.3, 0.4) is 0 Å². The molecule has 1 fully saturated rings. The molecule has 1 aromatic carbocycles. The van der Waals surface area contributed by atoms with Crippen LogP contribution in [0.15, 0.2) is 30.3 Å². The number of pyridine rings is 1. The van der Waals surface area contributed by atoms with Crippen molar-refractivity contribution in [3.8, 4) is 5.88 Å². The van der Waals surface area contributed by atoms with Crippen molar-refractivity contribution in [1.82, 2.24) is 20.1 Å². The molecule has 188 valence electrons. The third-order valence-electron chi connectivity index (χ3n) is 6.42. The highest BCUT2D eigenvalue weighted by molar-refractivity contribution is 6.29. The number of hydrogen-bond donors (Lipinski definition) is 1. The number of amides is 2. The van der Waals surface area contributed by atoms with Crippen LogP contribution in [-0.4, -0.2) is 91.4 Å². The maximum absolute atomic E-state index is 13.4. The minimum absolute atomic E-state index is 0.175. The van der Waals surface area contributed by atoms with Gasteiger partial charge in [-0.2, -0.15) is 0 Å². The van der Waals surface area contributed by atoms with E-state index in [1.54, 1.807) is 23.1 Å². The summed E-state index contributed by atoms with van der Waals surface area (Å²) in [5.74, 6) is -0.848. The van der Waals surface area contributed by atoms with Gasteiger partial charge in [-0.15, -0.1) is 11.6 Å². The van der Waals surface area contributed by atoms with Gasteiger partial charge in [0.15, 0.2) is 0 Å². The molecular formula is C25H31ClFN5O3. The zero-order valence-corrected chi connectivity index (χ0v) is 20.9. The minimum atomic E-state index is -0.333. The molecule has 0 unspecified atom stereocenters. The Labute approximate surface area is 210 Å². The molecule has 1 aromatic heterocycles. The molecule has 0 aliphatic carbocycles. The first kappa shape index (κ1) is 25.3. The van der Waals surface area contributed by atoms with Crippen LogP contribution in [0, 0.1) is 5.82 Å². The van der Waals surface area contributed by atoms with Gasteiger partial charge in [0.05, 0.1) is 6.04 Å². The fraction of sp³-hybridized carbons (Fsp3) is 0.480. The number of nitrogens with one attached hydrogen (secondary N) is 1. The number of likely N-dealkylation sites (N-methyl/N-ethyl adjacent to an activating group) is 1. The summed E-state index contributed by atoms with van der Waals surface area (Å²) in [6, 6.07) is 7.64. The average Bonchev–Trinajstić information content (AvgIpc) is 2.85. The summed E-state index contributed by atoms with van der Waals surface area (Å²) in [7, 11) is 2.11. The monoisotopic (exact) mass is 503 g/mol. The van der Waals surface area contributed by atoms with Crippen LogP contribution in [0.25, 0.3) is 0 Å². The number of carbonyl (C=O) groups is 2. The first-order valence-electron chi connectivity index (χ1n) is 11.8. The molecule has 0 spiro atoms. The Morgan fingerprint density at radius 3 is 2.60 bits per heavy atom. The predicted molar refractivity (Wildman–Crippen MR) is 133 cm³/mol. The number of halogens is 2. The fourth-order valence-corrected chi connectivity index (χ4v) is 4.53. The molecule has 1 N–H and O–H groups in total. The SMILES string of the molecule is C[C@H]1COc2nc(C(=O)NCCN3CCN(C)CC3)c(Cc3ccc(F)cc3)cc2N1C(=O)CCl. The Kier molecular flexibility index (Phi) is 8.20. The molecule has 2 aliphatic heterocycles. The predicted octanol–water partition coefficient (Wildman–Crippen LogP) is 2.14. The van der Waals surface area contributed by atoms with Gasteiger partial charge in [-0.1, -0.05) is 12.1 Å². The number of ether oxygens (including phenoxy) is 1. The largest absolute Gasteiger partial charge is 0.474 e. The quantitative estimate of drug-likeness (QED) is 0.583. The highest BCUT2D eigenvalue weighted by atomic mass is 35.5. The molecule has 2 aromatic rings. The lowest BCUT2D eigenvalue weighted by Gasteiger charge is -2.34. The number of nitrogens with zero attached hydrogens (tertiary/aromatic N) is 4. The van der Waals surface area contributed by atoms with Gasteiger partial charge in [0.2, 0.25) is 11.8 Å². The minimum Gasteiger partial charge on any atom is -0.474 e. The number of carbonyl (C=O) groups excluding carboxylic acids is 2. The van der Waals surface area contributed by atoms with Gasteiger partial charge >= 0.3 is 0 Å². The topological polar surface area (TPSA) is 78.0 Å². The Morgan fingerprint density at radius 2 is 1.91 bits per heavy atom. The number of aromatic nitrogens is 1. The molecule has 4 rings (SSSR count). The Hall–Kier alpha value is -2.75. The lowest BCUT2D eigenvalue weighted by Crippen LogP contribution is -2.47. The number of piperazine rings is 1. The maximum atomic E-state index is 13.4. The summed E-state index contributed by atoms with van der Waals surface area (Å²) in [6.45, 7) is 7.32. The standard InChI is InChI=1S/C25H31ClFN5O3/c1-17-16-35-25-21(32(17)22(33)15-26)14-19(13-18-3-5-20(27)6-4-18)23(29-25)24(34)28-7-8-31-11-9-30(2)10-12-31/h3-6,14,17H,7-13,15-16H2,1-2H3,(H,28,34)/t17-/m0/s1. The molecule has 10 heteroatoms. The summed E-state index contributed by atoms with van der Waals surface area (Å²) in [5, 5.41) is 2.98. The van der Waals surface area contributed by atoms with Gasteiger partial charge in [0.1, 0.15) is 29.7 Å². The van der Waals surface area contributed by atoms with Crippen LogP contribution >= 0.6 is 11.6 Å². The number of hydrogen-bond acceptors (Lipinski definition) is 6. The van der Waals surface area contributed by atoms with E-state index in [9.17, 15) is 14.0 Å². The molecule has 2 aliphatic rings. The van der Waals surface area contributed by atoms with Crippen LogP contribution in [0.1, 0.15) is 28.5 Å². The number of anilines is 1. The van der Waals surface area contributed by atoms with E-state index in [0.29, 0.717) is 24.2 Å². The van der Waals surface area contributed by atoms with Crippen LogP contribution in [0.4, 0.5) is 10.1 Å². The van der Waals surface area contributed by atoms with Crippen molar-refractivity contribution in [2.75, 3.05) is 63.7 Å². The van der Waals surface area contributed by atoms with E-state index in [1.807, 2.05) is 6.92 Å². The van der Waals surface area contributed by atoms with Gasteiger partial charge in [-0.25, -0.2) is 9.37 Å². The van der Waals surface area contributed by atoms with Gasteiger partial charge in [-0.05, 0) is 49.7 Å². The lowest BCUT2D eigenvalue weighted by atomic mass is 10.0. The molecule has 8 nitrogen and oxygen atoms in total. The molecule has 35 heavy (non-hydrogen) atoms. The van der Waals surface area contributed by atoms with Crippen molar-refractivity contribution in [3.05, 3.63) is 53.0 Å². The van der Waals surface area contributed by atoms with E-state index < -0.39 is 0 Å². The van der Waals surface area contributed by atoms with Gasteiger partial charge in [0, 0.05) is 39.3 Å². The second-order valence-corrected chi connectivity index (χ2v) is 9.35. The molecule has 0 saturated carbocycles. The van der Waals surface area contributed by atoms with E-state index in [0.717, 1.165) is 38.3 Å². The van der Waals surface area contributed by atoms with Gasteiger partial charge < -0.3 is 19.9 Å². The summed E-state index contributed by atoms with van der Waals surface area (Å²) in [5.41, 5.74) is 2.16.